The van der Waals surface area contributed by atoms with E-state index >= 15 is 0 Å². The van der Waals surface area contributed by atoms with Crippen LogP contribution in [0.5, 0.6) is 0 Å². The number of hydrogen-bond acceptors (Lipinski definition) is 1. The van der Waals surface area contributed by atoms with E-state index in [2.05, 4.69) is 4.90 Å². The molecule has 0 unspecified atom stereocenters. The molecule has 0 N–H and O–H groups in total. The Morgan fingerprint density at radius 1 is 0.929 bits per heavy atom. The van der Waals surface area contributed by atoms with E-state index in [4.69, 9.17) is 11.6 Å². The molecule has 1 saturated carbocycles. The molecule has 2 heteroatoms. The highest BCUT2D eigenvalue weighted by Gasteiger charge is 2.25. The summed E-state index contributed by atoms with van der Waals surface area (Å²) < 4.78 is 0. The van der Waals surface area contributed by atoms with Gasteiger partial charge in [-0.25, -0.2) is 0 Å². The van der Waals surface area contributed by atoms with Crippen molar-refractivity contribution < 1.29 is 0 Å². The Bertz CT molecular complexity index is 158. The van der Waals surface area contributed by atoms with E-state index < -0.39 is 0 Å². The van der Waals surface area contributed by atoms with Crippen LogP contribution in [0.1, 0.15) is 44.9 Å². The molecule has 0 atom stereocenters. The molecule has 0 bridgehead atoms. The molecule has 1 saturated heterocycles. The molecular formula is C12H22ClN. The molecule has 1 heterocycles. The van der Waals surface area contributed by atoms with Crippen LogP contribution >= 0.6 is 11.6 Å². The lowest BCUT2D eigenvalue weighted by atomic mass is 9.86. The predicted molar refractivity (Wildman–Crippen MR) is 61.9 cm³/mol. The summed E-state index contributed by atoms with van der Waals surface area (Å²) in [6.45, 7) is 2.71. The topological polar surface area (TPSA) is 3.24 Å². The summed E-state index contributed by atoms with van der Waals surface area (Å²) in [5.41, 5.74) is 0. The summed E-state index contributed by atoms with van der Waals surface area (Å²) >= 11 is 5.90. The van der Waals surface area contributed by atoms with Crippen LogP contribution in [0, 0.1) is 5.92 Å². The van der Waals surface area contributed by atoms with Crippen molar-refractivity contribution >= 4 is 11.6 Å². The number of rotatable bonds is 2. The first kappa shape index (κ1) is 10.8. The Morgan fingerprint density at radius 3 is 2.14 bits per heavy atom. The van der Waals surface area contributed by atoms with Crippen LogP contribution in [-0.4, -0.2) is 29.9 Å². The average molecular weight is 216 g/mol. The monoisotopic (exact) mass is 215 g/mol. The van der Waals surface area contributed by atoms with E-state index in [1.165, 1.54) is 58.0 Å². The molecule has 2 rings (SSSR count). The first-order valence-corrected chi connectivity index (χ1v) is 6.73. The van der Waals surface area contributed by atoms with E-state index in [1.54, 1.807) is 0 Å². The van der Waals surface area contributed by atoms with E-state index in [1.807, 2.05) is 0 Å². The maximum absolute atomic E-state index is 5.90. The first-order valence-electron chi connectivity index (χ1n) is 6.20. The van der Waals surface area contributed by atoms with Crippen LogP contribution in [0.2, 0.25) is 0 Å². The molecule has 82 valence electrons. The molecule has 1 aliphatic heterocycles. The van der Waals surface area contributed by atoms with Crippen molar-refractivity contribution in [1.82, 2.24) is 4.90 Å². The van der Waals surface area contributed by atoms with Crippen molar-refractivity contribution in [3.05, 3.63) is 0 Å². The standard InChI is InChI=1S/C12H22ClN/c13-10-11-4-6-12(7-5-11)14-8-2-1-3-9-14/h11-12H,1-10H2. The second-order valence-electron chi connectivity index (χ2n) is 4.93. The molecule has 0 aromatic heterocycles. The van der Waals surface area contributed by atoms with Gasteiger partial charge in [0.25, 0.3) is 0 Å². The molecule has 0 amide bonds. The van der Waals surface area contributed by atoms with Gasteiger partial charge in [0.15, 0.2) is 0 Å². The molecular weight excluding hydrogens is 194 g/mol. The Labute approximate surface area is 92.8 Å². The van der Waals surface area contributed by atoms with E-state index in [0.717, 1.165) is 17.8 Å². The number of alkyl halides is 1. The van der Waals surface area contributed by atoms with Crippen LogP contribution < -0.4 is 0 Å². The molecule has 14 heavy (non-hydrogen) atoms. The second kappa shape index (κ2) is 5.37. The highest BCUT2D eigenvalue weighted by molar-refractivity contribution is 6.18. The Balaban J connectivity index is 1.76. The van der Waals surface area contributed by atoms with Crippen molar-refractivity contribution in [1.29, 1.82) is 0 Å². The molecule has 2 aliphatic rings. The number of halogens is 1. The minimum absolute atomic E-state index is 0.817. The molecule has 1 nitrogen and oxygen atoms in total. The molecule has 0 aromatic rings. The van der Waals surface area contributed by atoms with Crippen molar-refractivity contribution in [3.63, 3.8) is 0 Å². The van der Waals surface area contributed by atoms with Gasteiger partial charge in [-0.1, -0.05) is 6.42 Å². The predicted octanol–water partition coefficient (Wildman–Crippen LogP) is 3.27. The molecule has 0 spiro atoms. The molecule has 2 fully saturated rings. The summed E-state index contributed by atoms with van der Waals surface area (Å²) in [5, 5.41) is 0. The fourth-order valence-corrected chi connectivity index (χ4v) is 3.26. The first-order chi connectivity index (χ1) is 6.90. The van der Waals surface area contributed by atoms with Gasteiger partial charge in [0, 0.05) is 11.9 Å². The lowest BCUT2D eigenvalue weighted by Gasteiger charge is -2.38. The van der Waals surface area contributed by atoms with Crippen LogP contribution in [0.4, 0.5) is 0 Å². The quantitative estimate of drug-likeness (QED) is 0.640. The van der Waals surface area contributed by atoms with Gasteiger partial charge >= 0.3 is 0 Å². The fourth-order valence-electron chi connectivity index (χ4n) is 2.95. The van der Waals surface area contributed by atoms with Gasteiger partial charge in [-0.05, 0) is 57.5 Å². The van der Waals surface area contributed by atoms with Gasteiger partial charge in [0.1, 0.15) is 0 Å². The van der Waals surface area contributed by atoms with Gasteiger partial charge in [-0.3, -0.25) is 0 Å². The van der Waals surface area contributed by atoms with Crippen LogP contribution in [0.15, 0.2) is 0 Å². The lowest BCUT2D eigenvalue weighted by Crippen LogP contribution is -2.41. The summed E-state index contributed by atoms with van der Waals surface area (Å²) in [6.07, 6.45) is 9.84. The average Bonchev–Trinajstić information content (AvgIpc) is 2.30. The second-order valence-corrected chi connectivity index (χ2v) is 5.23. The summed E-state index contributed by atoms with van der Waals surface area (Å²) in [5.74, 6) is 1.70. The number of likely N-dealkylation sites (tertiary alicyclic amines) is 1. The van der Waals surface area contributed by atoms with Crippen molar-refractivity contribution in [2.45, 2.75) is 51.0 Å². The minimum atomic E-state index is 0.817. The molecule has 0 radical (unpaired) electrons. The molecule has 1 aliphatic carbocycles. The normalized spacial score (nSPS) is 35.8. The van der Waals surface area contributed by atoms with E-state index in [-0.39, 0.29) is 0 Å². The Morgan fingerprint density at radius 2 is 1.57 bits per heavy atom. The van der Waals surface area contributed by atoms with Gasteiger partial charge in [0.05, 0.1) is 0 Å². The van der Waals surface area contributed by atoms with Crippen LogP contribution in [0.3, 0.4) is 0 Å². The zero-order valence-corrected chi connectivity index (χ0v) is 9.81. The SMILES string of the molecule is ClCC1CCC(N2CCCCC2)CC1. The van der Waals surface area contributed by atoms with Gasteiger partial charge < -0.3 is 4.90 Å². The highest BCUT2D eigenvalue weighted by Crippen LogP contribution is 2.29. The van der Waals surface area contributed by atoms with Crippen LogP contribution in [-0.2, 0) is 0 Å². The maximum Gasteiger partial charge on any atom is 0.0251 e. The van der Waals surface area contributed by atoms with E-state index in [0.29, 0.717) is 0 Å². The zero-order valence-electron chi connectivity index (χ0n) is 9.05. The van der Waals surface area contributed by atoms with Crippen LogP contribution in [0.25, 0.3) is 0 Å². The third-order valence-corrected chi connectivity index (χ3v) is 4.38. The number of piperidine rings is 1. The largest absolute Gasteiger partial charge is 0.300 e. The Hall–Kier alpha value is 0.250. The summed E-state index contributed by atoms with van der Waals surface area (Å²) in [6, 6.07) is 0.898. The summed E-state index contributed by atoms with van der Waals surface area (Å²) in [4.78, 5) is 2.73. The minimum Gasteiger partial charge on any atom is -0.300 e. The van der Waals surface area contributed by atoms with E-state index in [9.17, 15) is 0 Å². The van der Waals surface area contributed by atoms with Crippen molar-refractivity contribution in [2.24, 2.45) is 5.92 Å². The van der Waals surface area contributed by atoms with Gasteiger partial charge in [-0.15, -0.1) is 11.6 Å². The summed E-state index contributed by atoms with van der Waals surface area (Å²) in [7, 11) is 0. The smallest absolute Gasteiger partial charge is 0.0251 e. The zero-order chi connectivity index (χ0) is 9.80. The van der Waals surface area contributed by atoms with Gasteiger partial charge in [-0.2, -0.15) is 0 Å². The molecule has 0 aromatic carbocycles. The van der Waals surface area contributed by atoms with Crippen molar-refractivity contribution in [2.75, 3.05) is 19.0 Å². The lowest BCUT2D eigenvalue weighted by molar-refractivity contribution is 0.118. The number of nitrogens with zero attached hydrogens (tertiary/aromatic N) is 1. The fraction of sp³-hybridized carbons (Fsp3) is 1.00. The highest BCUT2D eigenvalue weighted by atomic mass is 35.5. The number of hydrogen-bond donors (Lipinski definition) is 0. The maximum atomic E-state index is 5.90. The third-order valence-electron chi connectivity index (χ3n) is 3.94. The van der Waals surface area contributed by atoms with Gasteiger partial charge in [0.2, 0.25) is 0 Å². The third kappa shape index (κ3) is 2.64. The van der Waals surface area contributed by atoms with Crippen molar-refractivity contribution in [3.8, 4) is 0 Å². The Kier molecular flexibility index (Phi) is 4.12.